The Morgan fingerprint density at radius 3 is 2.65 bits per heavy atom. The molecule has 3 rings (SSSR count). The third-order valence-electron chi connectivity index (χ3n) is 4.17. The maximum absolute atomic E-state index is 12.2. The highest BCUT2D eigenvalue weighted by Gasteiger charge is 2.46. The normalized spacial score (nSPS) is 26.6. The number of aryl methyl sites for hydroxylation is 1. The summed E-state index contributed by atoms with van der Waals surface area (Å²) in [5, 5.41) is 9.47. The lowest BCUT2D eigenvalue weighted by molar-refractivity contribution is -0.152. The van der Waals surface area contributed by atoms with E-state index in [0.29, 0.717) is 12.8 Å². The summed E-state index contributed by atoms with van der Waals surface area (Å²) in [5.41, 5.74) is 1.73. The number of likely N-dealkylation sites (tertiary alicyclic amines) is 1. The van der Waals surface area contributed by atoms with Gasteiger partial charge in [0.25, 0.3) is 0 Å². The number of aromatic nitrogens is 1. The lowest BCUT2D eigenvalue weighted by Gasteiger charge is -2.40. The average molecular weight is 274 g/mol. The van der Waals surface area contributed by atoms with Gasteiger partial charge in [0, 0.05) is 24.4 Å². The molecule has 0 spiro atoms. The van der Waals surface area contributed by atoms with Crippen molar-refractivity contribution in [2.24, 2.45) is 5.92 Å². The molecule has 0 bridgehead atoms. The van der Waals surface area contributed by atoms with Gasteiger partial charge < -0.3 is 10.0 Å². The summed E-state index contributed by atoms with van der Waals surface area (Å²) in [7, 11) is 0. The fraction of sp³-hybridized carbons (Fsp3) is 0.533. The number of carbonyl (C=O) groups excluding carboxylic acids is 1. The van der Waals surface area contributed by atoms with E-state index in [1.165, 1.54) is 0 Å². The second-order valence-corrected chi connectivity index (χ2v) is 5.69. The van der Waals surface area contributed by atoms with E-state index in [2.05, 4.69) is 4.98 Å². The van der Waals surface area contributed by atoms with Gasteiger partial charge in [-0.15, -0.1) is 0 Å². The van der Waals surface area contributed by atoms with Crippen molar-refractivity contribution in [2.45, 2.75) is 44.7 Å². The van der Waals surface area contributed by atoms with Crippen LogP contribution in [0.2, 0.25) is 0 Å². The first kappa shape index (κ1) is 13.1. The van der Waals surface area contributed by atoms with Crippen LogP contribution in [0, 0.1) is 12.8 Å². The molecule has 1 aromatic rings. The third kappa shape index (κ3) is 2.28. The molecule has 1 amide bonds. The minimum absolute atomic E-state index is 0.0792. The summed E-state index contributed by atoms with van der Waals surface area (Å²) in [6.45, 7) is 1.89. The standard InChI is InChI=1S/C15H18N2O3/c1-9-2-3-10(8-16-9)14-12(15(19)20)6-7-13(18)17(14)11-4-5-11/h2-3,8,11-12,14H,4-7H2,1H3,(H,19,20). The van der Waals surface area contributed by atoms with Gasteiger partial charge in [-0.3, -0.25) is 14.6 Å². The van der Waals surface area contributed by atoms with Gasteiger partial charge in [0.2, 0.25) is 5.91 Å². The third-order valence-corrected chi connectivity index (χ3v) is 4.17. The predicted octanol–water partition coefficient (Wildman–Crippen LogP) is 1.92. The zero-order valence-electron chi connectivity index (χ0n) is 11.5. The lowest BCUT2D eigenvalue weighted by Crippen LogP contribution is -2.46. The lowest BCUT2D eigenvalue weighted by atomic mass is 9.84. The first-order chi connectivity index (χ1) is 9.58. The first-order valence-corrected chi connectivity index (χ1v) is 7.04. The minimum atomic E-state index is -0.825. The average Bonchev–Trinajstić information content (AvgIpc) is 3.23. The molecule has 0 aromatic carbocycles. The molecule has 2 heterocycles. The Labute approximate surface area is 117 Å². The molecule has 106 valence electrons. The van der Waals surface area contributed by atoms with Crippen LogP contribution in [0.25, 0.3) is 0 Å². The maximum Gasteiger partial charge on any atom is 0.308 e. The van der Waals surface area contributed by atoms with Crippen LogP contribution in [0.3, 0.4) is 0 Å². The largest absolute Gasteiger partial charge is 0.481 e. The number of piperidine rings is 1. The van der Waals surface area contributed by atoms with E-state index < -0.39 is 11.9 Å². The number of rotatable bonds is 3. The first-order valence-electron chi connectivity index (χ1n) is 7.04. The van der Waals surface area contributed by atoms with Crippen LogP contribution in [-0.4, -0.2) is 32.9 Å². The van der Waals surface area contributed by atoms with Gasteiger partial charge in [0.1, 0.15) is 0 Å². The Morgan fingerprint density at radius 1 is 1.35 bits per heavy atom. The van der Waals surface area contributed by atoms with E-state index >= 15 is 0 Å². The van der Waals surface area contributed by atoms with E-state index in [4.69, 9.17) is 0 Å². The van der Waals surface area contributed by atoms with Crippen LogP contribution in [0.15, 0.2) is 18.3 Å². The van der Waals surface area contributed by atoms with Crippen molar-refractivity contribution in [3.05, 3.63) is 29.6 Å². The molecule has 5 nitrogen and oxygen atoms in total. The Morgan fingerprint density at radius 2 is 2.10 bits per heavy atom. The van der Waals surface area contributed by atoms with E-state index in [1.54, 1.807) is 11.1 Å². The number of hydrogen-bond acceptors (Lipinski definition) is 3. The van der Waals surface area contributed by atoms with E-state index in [-0.39, 0.29) is 18.0 Å². The van der Waals surface area contributed by atoms with Crippen LogP contribution in [0.4, 0.5) is 0 Å². The molecular weight excluding hydrogens is 256 g/mol. The Kier molecular flexibility index (Phi) is 3.20. The molecular formula is C15H18N2O3. The summed E-state index contributed by atoms with van der Waals surface area (Å²) < 4.78 is 0. The topological polar surface area (TPSA) is 70.5 Å². The minimum Gasteiger partial charge on any atom is -0.481 e. The molecule has 5 heteroatoms. The highest BCUT2D eigenvalue weighted by molar-refractivity contribution is 5.82. The molecule has 20 heavy (non-hydrogen) atoms. The van der Waals surface area contributed by atoms with Crippen LogP contribution in [0.5, 0.6) is 0 Å². The van der Waals surface area contributed by atoms with Crippen molar-refractivity contribution in [2.75, 3.05) is 0 Å². The SMILES string of the molecule is Cc1ccc(C2C(C(=O)O)CCC(=O)N2C2CC2)cn1. The number of pyridine rings is 1. The molecule has 2 unspecified atom stereocenters. The van der Waals surface area contributed by atoms with Crippen LogP contribution >= 0.6 is 0 Å². The number of aliphatic carboxylic acids is 1. The van der Waals surface area contributed by atoms with Gasteiger partial charge in [-0.2, -0.15) is 0 Å². The molecule has 1 saturated heterocycles. The summed E-state index contributed by atoms with van der Waals surface area (Å²) in [6.07, 6.45) is 4.42. The van der Waals surface area contributed by atoms with Crippen molar-refractivity contribution in [1.29, 1.82) is 0 Å². The molecule has 2 atom stereocenters. The van der Waals surface area contributed by atoms with Gasteiger partial charge >= 0.3 is 5.97 Å². The smallest absolute Gasteiger partial charge is 0.308 e. The zero-order valence-corrected chi connectivity index (χ0v) is 11.5. The second kappa shape index (κ2) is 4.89. The Bertz CT molecular complexity index is 537. The Balaban J connectivity index is 2.00. The summed E-state index contributed by atoms with van der Waals surface area (Å²) in [6, 6.07) is 3.63. The summed E-state index contributed by atoms with van der Waals surface area (Å²) in [5.74, 6) is -1.28. The number of carboxylic acid groups (broad SMARTS) is 1. The highest BCUT2D eigenvalue weighted by atomic mass is 16.4. The number of nitrogens with zero attached hydrogens (tertiary/aromatic N) is 2. The van der Waals surface area contributed by atoms with Gasteiger partial charge in [0.05, 0.1) is 12.0 Å². The molecule has 1 aliphatic heterocycles. The second-order valence-electron chi connectivity index (χ2n) is 5.69. The van der Waals surface area contributed by atoms with Crippen molar-refractivity contribution in [1.82, 2.24) is 9.88 Å². The Hall–Kier alpha value is -1.91. The van der Waals surface area contributed by atoms with Crippen molar-refractivity contribution >= 4 is 11.9 Å². The monoisotopic (exact) mass is 274 g/mol. The quantitative estimate of drug-likeness (QED) is 0.914. The number of hydrogen-bond donors (Lipinski definition) is 1. The summed E-state index contributed by atoms with van der Waals surface area (Å²) in [4.78, 5) is 29.8. The van der Waals surface area contributed by atoms with Crippen LogP contribution < -0.4 is 0 Å². The van der Waals surface area contributed by atoms with Gasteiger partial charge in [-0.25, -0.2) is 0 Å². The molecule has 2 aliphatic rings. The van der Waals surface area contributed by atoms with Gasteiger partial charge in [-0.05, 0) is 37.8 Å². The fourth-order valence-corrected chi connectivity index (χ4v) is 3.00. The number of amides is 1. The van der Waals surface area contributed by atoms with Gasteiger partial charge in [0.15, 0.2) is 0 Å². The molecule has 1 aromatic heterocycles. The molecule has 1 aliphatic carbocycles. The maximum atomic E-state index is 12.2. The number of carbonyl (C=O) groups is 2. The molecule has 1 N–H and O–H groups in total. The predicted molar refractivity (Wildman–Crippen MR) is 71.9 cm³/mol. The van der Waals surface area contributed by atoms with Crippen molar-refractivity contribution < 1.29 is 14.7 Å². The fourth-order valence-electron chi connectivity index (χ4n) is 3.00. The van der Waals surface area contributed by atoms with E-state index in [1.807, 2.05) is 19.1 Å². The van der Waals surface area contributed by atoms with Gasteiger partial charge in [-0.1, -0.05) is 6.07 Å². The zero-order chi connectivity index (χ0) is 14.3. The van der Waals surface area contributed by atoms with Crippen molar-refractivity contribution in [3.63, 3.8) is 0 Å². The molecule has 2 fully saturated rings. The molecule has 0 radical (unpaired) electrons. The number of carboxylic acids is 1. The van der Waals surface area contributed by atoms with Crippen LogP contribution in [-0.2, 0) is 9.59 Å². The van der Waals surface area contributed by atoms with Crippen molar-refractivity contribution in [3.8, 4) is 0 Å². The summed E-state index contributed by atoms with van der Waals surface area (Å²) >= 11 is 0. The molecule has 1 saturated carbocycles. The van der Waals surface area contributed by atoms with E-state index in [9.17, 15) is 14.7 Å². The van der Waals surface area contributed by atoms with E-state index in [0.717, 1.165) is 24.1 Å². The highest BCUT2D eigenvalue weighted by Crippen LogP contribution is 2.43. The van der Waals surface area contributed by atoms with Crippen LogP contribution in [0.1, 0.15) is 43.0 Å².